The number of hydrogen-bond donors (Lipinski definition) is 1. The van der Waals surface area contributed by atoms with Gasteiger partial charge in [-0.25, -0.2) is 28.4 Å². The number of phenols is 1. The molecule has 0 spiro atoms. The average Bonchev–Trinajstić information content (AvgIpc) is 3.34. The third kappa shape index (κ3) is 3.08. The molecule has 2 fully saturated rings. The average molecular weight is 535 g/mol. The van der Waals surface area contributed by atoms with Gasteiger partial charge in [0.05, 0.1) is 35.3 Å². The van der Waals surface area contributed by atoms with Crippen molar-refractivity contribution in [2.45, 2.75) is 31.8 Å². The molecule has 40 heavy (non-hydrogen) atoms. The number of hydrogen-bond acceptors (Lipinski definition) is 5. The molecule has 1 aromatic heterocycles. The molecule has 7 rings (SSSR count). The van der Waals surface area contributed by atoms with Crippen LogP contribution in [0.15, 0.2) is 106 Å². The van der Waals surface area contributed by atoms with Crippen molar-refractivity contribution < 1.29 is 14.7 Å². The fraction of sp³-hybridized carbons (Fsp3) is 0.226. The van der Waals surface area contributed by atoms with Crippen LogP contribution in [0.1, 0.15) is 30.9 Å². The van der Waals surface area contributed by atoms with Crippen LogP contribution in [0.3, 0.4) is 0 Å². The number of allylic oxidation sites excluding steroid dienone is 2. The molecule has 4 atom stereocenters. The van der Waals surface area contributed by atoms with Crippen LogP contribution in [-0.2, 0) is 16.1 Å². The number of aromatic nitrogens is 3. The third-order valence-corrected chi connectivity index (χ3v) is 8.81. The maximum Gasteiger partial charge on any atom is 0.352 e. The van der Waals surface area contributed by atoms with Gasteiger partial charge in [-0.05, 0) is 49.2 Å². The summed E-state index contributed by atoms with van der Waals surface area (Å²) in [6, 6.07) is 23.7. The van der Waals surface area contributed by atoms with Crippen molar-refractivity contribution >= 4 is 17.5 Å². The molecule has 1 aliphatic carbocycles. The highest BCUT2D eigenvalue weighted by Crippen LogP contribution is 2.62. The molecule has 1 N–H and O–H groups in total. The number of benzene rings is 3. The Morgan fingerprint density at radius 1 is 0.800 bits per heavy atom. The van der Waals surface area contributed by atoms with Gasteiger partial charge in [0.25, 0.3) is 0 Å². The van der Waals surface area contributed by atoms with Crippen molar-refractivity contribution in [1.82, 2.24) is 13.9 Å². The summed E-state index contributed by atoms with van der Waals surface area (Å²) in [7, 11) is 0. The van der Waals surface area contributed by atoms with E-state index in [2.05, 4.69) is 0 Å². The van der Waals surface area contributed by atoms with E-state index in [-0.39, 0.29) is 30.5 Å². The summed E-state index contributed by atoms with van der Waals surface area (Å²) >= 11 is 0. The molecule has 3 aromatic carbocycles. The maximum atomic E-state index is 14.3. The van der Waals surface area contributed by atoms with Gasteiger partial charge in [-0.3, -0.25) is 9.59 Å². The van der Waals surface area contributed by atoms with E-state index in [4.69, 9.17) is 0 Å². The lowest BCUT2D eigenvalue weighted by Crippen LogP contribution is -2.49. The molecule has 0 bridgehead atoms. The quantitative estimate of drug-likeness (QED) is 0.321. The van der Waals surface area contributed by atoms with E-state index >= 15 is 0 Å². The van der Waals surface area contributed by atoms with E-state index in [0.29, 0.717) is 16.9 Å². The molecule has 1 saturated carbocycles. The molecule has 200 valence electrons. The van der Waals surface area contributed by atoms with Crippen LogP contribution in [0.5, 0.6) is 5.75 Å². The molecule has 2 amide bonds. The van der Waals surface area contributed by atoms with Crippen molar-refractivity contribution in [3.05, 3.63) is 123 Å². The van der Waals surface area contributed by atoms with E-state index in [1.54, 1.807) is 79.7 Å². The summed E-state index contributed by atoms with van der Waals surface area (Å²) in [6.07, 6.45) is 2.04. The van der Waals surface area contributed by atoms with E-state index in [1.807, 2.05) is 18.2 Å². The van der Waals surface area contributed by atoms with Gasteiger partial charge in [0.15, 0.2) is 0 Å². The van der Waals surface area contributed by atoms with E-state index in [9.17, 15) is 24.3 Å². The zero-order chi connectivity index (χ0) is 27.8. The van der Waals surface area contributed by atoms with Crippen LogP contribution < -0.4 is 16.3 Å². The molecule has 4 aromatic rings. The Bertz CT molecular complexity index is 1830. The Kier molecular flexibility index (Phi) is 5.15. The molecular weight excluding hydrogens is 508 g/mol. The molecule has 9 heteroatoms. The lowest BCUT2D eigenvalue weighted by molar-refractivity contribution is -0.129. The summed E-state index contributed by atoms with van der Waals surface area (Å²) in [6.45, 7) is 1.91. The minimum Gasteiger partial charge on any atom is -0.508 e. The topological polar surface area (TPSA) is 107 Å². The van der Waals surface area contributed by atoms with Crippen LogP contribution in [-0.4, -0.2) is 30.9 Å². The molecule has 1 saturated heterocycles. The molecule has 3 heterocycles. The number of imide groups is 1. The van der Waals surface area contributed by atoms with Gasteiger partial charge < -0.3 is 5.11 Å². The van der Waals surface area contributed by atoms with Crippen LogP contribution in [0, 0.1) is 11.3 Å². The van der Waals surface area contributed by atoms with Crippen molar-refractivity contribution in [2.24, 2.45) is 11.3 Å². The van der Waals surface area contributed by atoms with Crippen molar-refractivity contribution in [2.75, 3.05) is 4.90 Å². The molecule has 3 aliphatic rings. The molecular formula is C31H26N4O5. The smallest absolute Gasteiger partial charge is 0.352 e. The molecule has 2 aliphatic heterocycles. The molecule has 0 unspecified atom stereocenters. The second kappa shape index (κ2) is 8.54. The lowest BCUT2D eigenvalue weighted by Gasteiger charge is -2.47. The molecule has 0 radical (unpaired) electrons. The predicted octanol–water partition coefficient (Wildman–Crippen LogP) is 3.37. The van der Waals surface area contributed by atoms with Crippen LogP contribution >= 0.6 is 0 Å². The van der Waals surface area contributed by atoms with Gasteiger partial charge in [0.1, 0.15) is 5.75 Å². The standard InChI is InChI=1S/C31H26N4O5/c1-31-23(27(37)33(28(31)38)19-10-4-2-5-11-19)18-24-21(26(31)22-14-8-9-15-25(22)36)16-17-32-29(39)34(30(40)35(24)32)20-12-6-3-7-13-20/h2-16,23-24,26,36H,17-18H2,1H3/t23-,24+,26+,31+/m0/s1. The summed E-state index contributed by atoms with van der Waals surface area (Å²) in [5.74, 6) is -2.18. The summed E-state index contributed by atoms with van der Waals surface area (Å²) in [4.78, 5) is 56.9. The monoisotopic (exact) mass is 534 g/mol. The number of carbonyl (C=O) groups excluding carboxylic acids is 2. The Balaban J connectivity index is 1.45. The Morgan fingerprint density at radius 2 is 1.43 bits per heavy atom. The summed E-state index contributed by atoms with van der Waals surface area (Å²) in [5.41, 5.74) is -0.0276. The first kappa shape index (κ1) is 24.1. The fourth-order valence-electron chi connectivity index (χ4n) is 6.97. The van der Waals surface area contributed by atoms with E-state index in [1.165, 1.54) is 14.3 Å². The second-order valence-electron chi connectivity index (χ2n) is 10.8. The summed E-state index contributed by atoms with van der Waals surface area (Å²) < 4.78 is 3.96. The SMILES string of the molecule is C[C@@]12C(=O)N(c3ccccc3)C(=O)[C@@H]1C[C@@H]1C(=CCn3c(=O)n(-c4ccccc4)c(=O)n31)[C@@H]2c1ccccc1O. The number of fused-ring (bicyclic) bond motifs is 4. The lowest BCUT2D eigenvalue weighted by atomic mass is 9.56. The number of phenolic OH excluding ortho intramolecular Hbond substituents is 1. The van der Waals surface area contributed by atoms with E-state index in [0.717, 1.165) is 10.1 Å². The number of anilines is 1. The van der Waals surface area contributed by atoms with Crippen molar-refractivity contribution in [1.29, 1.82) is 0 Å². The van der Waals surface area contributed by atoms with Gasteiger partial charge in [0.2, 0.25) is 11.8 Å². The first-order valence-electron chi connectivity index (χ1n) is 13.2. The minimum absolute atomic E-state index is 0.00426. The number of aromatic hydroxyl groups is 1. The van der Waals surface area contributed by atoms with Gasteiger partial charge in [-0.1, -0.05) is 60.7 Å². The molecule has 9 nitrogen and oxygen atoms in total. The largest absolute Gasteiger partial charge is 0.508 e. The van der Waals surface area contributed by atoms with Crippen LogP contribution in [0.2, 0.25) is 0 Å². The first-order valence-corrected chi connectivity index (χ1v) is 13.2. The maximum absolute atomic E-state index is 14.3. The highest BCUT2D eigenvalue weighted by atomic mass is 16.3. The highest BCUT2D eigenvalue weighted by Gasteiger charge is 2.65. The normalized spacial score (nSPS) is 25.3. The summed E-state index contributed by atoms with van der Waals surface area (Å²) in [5, 5.41) is 11.0. The number of nitrogens with zero attached hydrogens (tertiary/aromatic N) is 4. The Morgan fingerprint density at radius 3 is 2.10 bits per heavy atom. The first-order chi connectivity index (χ1) is 19.3. The predicted molar refractivity (Wildman–Crippen MR) is 147 cm³/mol. The van der Waals surface area contributed by atoms with Crippen molar-refractivity contribution in [3.8, 4) is 11.4 Å². The van der Waals surface area contributed by atoms with Gasteiger partial charge >= 0.3 is 11.4 Å². The second-order valence-corrected chi connectivity index (χ2v) is 10.8. The number of carbonyl (C=O) groups is 2. The zero-order valence-corrected chi connectivity index (χ0v) is 21.7. The number of rotatable bonds is 3. The van der Waals surface area contributed by atoms with Gasteiger partial charge in [0, 0.05) is 11.5 Å². The number of amides is 2. The minimum atomic E-state index is -1.22. The van der Waals surface area contributed by atoms with Gasteiger partial charge in [-0.15, -0.1) is 0 Å². The van der Waals surface area contributed by atoms with Crippen LogP contribution in [0.4, 0.5) is 5.69 Å². The highest BCUT2D eigenvalue weighted by molar-refractivity contribution is 6.24. The van der Waals surface area contributed by atoms with Crippen LogP contribution in [0.25, 0.3) is 5.69 Å². The van der Waals surface area contributed by atoms with Crippen molar-refractivity contribution in [3.63, 3.8) is 0 Å². The zero-order valence-electron chi connectivity index (χ0n) is 21.7. The Labute approximate surface area is 228 Å². The Hall–Kier alpha value is -4.92. The van der Waals surface area contributed by atoms with E-state index < -0.39 is 34.7 Å². The van der Waals surface area contributed by atoms with Gasteiger partial charge in [-0.2, -0.15) is 0 Å². The number of para-hydroxylation sites is 3. The fourth-order valence-corrected chi connectivity index (χ4v) is 6.97. The third-order valence-electron chi connectivity index (χ3n) is 8.81.